The Labute approximate surface area is 194 Å². The third kappa shape index (κ3) is 6.21. The fourth-order valence-corrected chi connectivity index (χ4v) is 3.50. The number of nitrogens with one attached hydrogen (secondary N) is 1. The summed E-state index contributed by atoms with van der Waals surface area (Å²) in [7, 11) is 1.62. The van der Waals surface area contributed by atoms with Crippen LogP contribution in [0.15, 0.2) is 40.8 Å². The van der Waals surface area contributed by atoms with Crippen LogP contribution >= 0.6 is 0 Å². The molecule has 4 rings (SSSR count). The summed E-state index contributed by atoms with van der Waals surface area (Å²) in [5.74, 6) is 2.51. The topological polar surface area (TPSA) is 88.8 Å². The number of hydrogen-bond acceptors (Lipinski definition) is 9. The third-order valence-electron chi connectivity index (χ3n) is 5.17. The number of aromatic nitrogens is 3. The number of aryl methyl sites for hydroxylation is 1. The van der Waals surface area contributed by atoms with Crippen LogP contribution in [0.5, 0.6) is 11.8 Å². The molecule has 182 valence electrons. The molecule has 3 aromatic rings. The number of rotatable bonds is 8. The molecule has 3 heterocycles. The van der Waals surface area contributed by atoms with E-state index in [1.807, 2.05) is 42.2 Å². The van der Waals surface area contributed by atoms with Crippen molar-refractivity contribution in [1.82, 2.24) is 15.0 Å². The zero-order valence-corrected chi connectivity index (χ0v) is 18.8. The molecule has 2 aromatic heterocycles. The van der Waals surface area contributed by atoms with Gasteiger partial charge in [-0.3, -0.25) is 0 Å². The van der Waals surface area contributed by atoms with Crippen molar-refractivity contribution in [2.45, 2.75) is 19.6 Å². The number of benzene rings is 1. The number of nitrogens with zero attached hydrogens (tertiary/aromatic N) is 5. The van der Waals surface area contributed by atoms with Crippen LogP contribution in [0.1, 0.15) is 11.5 Å². The number of anilines is 3. The number of piperazine rings is 1. The molecule has 34 heavy (non-hydrogen) atoms. The van der Waals surface area contributed by atoms with Crippen LogP contribution in [-0.4, -0.2) is 61.0 Å². The fraction of sp³-hybridized carbons (Fsp3) is 0.409. The van der Waals surface area contributed by atoms with Gasteiger partial charge in [-0.1, -0.05) is 6.07 Å². The monoisotopic (exact) mass is 478 g/mol. The first kappa shape index (κ1) is 23.5. The number of hydrogen-bond donors (Lipinski definition) is 1. The molecule has 0 radical (unpaired) electrons. The minimum Gasteiger partial charge on any atom is -0.497 e. The second-order valence-corrected chi connectivity index (χ2v) is 7.69. The molecule has 1 aliphatic rings. The fourth-order valence-electron chi connectivity index (χ4n) is 3.50. The summed E-state index contributed by atoms with van der Waals surface area (Å²) in [4.78, 5) is 16.6. The van der Waals surface area contributed by atoms with E-state index in [4.69, 9.17) is 13.9 Å². The Morgan fingerprint density at radius 2 is 1.79 bits per heavy atom. The summed E-state index contributed by atoms with van der Waals surface area (Å²) >= 11 is 0. The van der Waals surface area contributed by atoms with Gasteiger partial charge < -0.3 is 29.0 Å². The summed E-state index contributed by atoms with van der Waals surface area (Å²) in [6.07, 6.45) is -4.51. The standard InChI is InChI=1S/C22H25F3N6O3/c1-15-6-7-18(34-15)13-26-19-27-20(29-21(28-19)33-14-22(23,24)25)31-10-8-30(9-11-31)16-4-3-5-17(12-16)32-2/h3-7,12H,8-11,13-14H2,1-2H3,(H,26,27,28,29). The van der Waals surface area contributed by atoms with Gasteiger partial charge in [0.25, 0.3) is 0 Å². The van der Waals surface area contributed by atoms with Crippen molar-refractivity contribution < 1.29 is 27.1 Å². The van der Waals surface area contributed by atoms with E-state index in [1.165, 1.54) is 0 Å². The van der Waals surface area contributed by atoms with E-state index in [9.17, 15) is 13.2 Å². The molecular formula is C22H25F3N6O3. The van der Waals surface area contributed by atoms with Crippen molar-refractivity contribution in [2.24, 2.45) is 0 Å². The van der Waals surface area contributed by atoms with E-state index in [0.29, 0.717) is 31.9 Å². The van der Waals surface area contributed by atoms with Crippen LogP contribution in [0.3, 0.4) is 0 Å². The highest BCUT2D eigenvalue weighted by Crippen LogP contribution is 2.24. The normalized spacial score (nSPS) is 14.3. The quantitative estimate of drug-likeness (QED) is 0.521. The largest absolute Gasteiger partial charge is 0.497 e. The predicted molar refractivity (Wildman–Crippen MR) is 120 cm³/mol. The number of alkyl halides is 3. The van der Waals surface area contributed by atoms with Gasteiger partial charge in [-0.15, -0.1) is 0 Å². The van der Waals surface area contributed by atoms with Gasteiger partial charge in [-0.25, -0.2) is 0 Å². The van der Waals surface area contributed by atoms with Crippen LogP contribution in [-0.2, 0) is 6.54 Å². The highest BCUT2D eigenvalue weighted by molar-refractivity contribution is 5.52. The Morgan fingerprint density at radius 1 is 1.03 bits per heavy atom. The van der Waals surface area contributed by atoms with Gasteiger partial charge in [-0.05, 0) is 31.2 Å². The summed E-state index contributed by atoms with van der Waals surface area (Å²) < 4.78 is 53.6. The summed E-state index contributed by atoms with van der Waals surface area (Å²) in [5.41, 5.74) is 1.03. The molecule has 0 unspecified atom stereocenters. The van der Waals surface area contributed by atoms with Crippen molar-refractivity contribution >= 4 is 17.6 Å². The van der Waals surface area contributed by atoms with Crippen molar-refractivity contribution in [3.8, 4) is 11.8 Å². The number of furan rings is 1. The van der Waals surface area contributed by atoms with Gasteiger partial charge in [0, 0.05) is 37.9 Å². The minimum atomic E-state index is -4.51. The average molecular weight is 478 g/mol. The van der Waals surface area contributed by atoms with E-state index in [2.05, 4.69) is 25.2 Å². The maximum Gasteiger partial charge on any atom is 0.422 e. The zero-order valence-electron chi connectivity index (χ0n) is 18.8. The van der Waals surface area contributed by atoms with Crippen molar-refractivity contribution in [3.63, 3.8) is 0 Å². The van der Waals surface area contributed by atoms with Gasteiger partial charge in [-0.2, -0.15) is 28.1 Å². The molecule has 0 aliphatic carbocycles. The molecule has 1 N–H and O–H groups in total. The minimum absolute atomic E-state index is 0.103. The first-order valence-electron chi connectivity index (χ1n) is 10.7. The van der Waals surface area contributed by atoms with Crippen molar-refractivity contribution in [3.05, 3.63) is 47.9 Å². The summed E-state index contributed by atoms with van der Waals surface area (Å²) in [6, 6.07) is 11.0. The average Bonchev–Trinajstić information content (AvgIpc) is 3.26. The molecule has 0 saturated carbocycles. The maximum absolute atomic E-state index is 12.7. The molecule has 0 spiro atoms. The smallest absolute Gasteiger partial charge is 0.422 e. The Morgan fingerprint density at radius 3 is 2.47 bits per heavy atom. The van der Waals surface area contributed by atoms with E-state index in [0.717, 1.165) is 17.2 Å². The summed E-state index contributed by atoms with van der Waals surface area (Å²) in [6.45, 7) is 3.07. The Balaban J connectivity index is 1.47. The van der Waals surface area contributed by atoms with Crippen molar-refractivity contribution in [1.29, 1.82) is 0 Å². The van der Waals surface area contributed by atoms with Crippen LogP contribution < -0.4 is 24.6 Å². The molecule has 0 atom stereocenters. The van der Waals surface area contributed by atoms with E-state index in [-0.39, 0.29) is 18.4 Å². The number of methoxy groups -OCH3 is 1. The van der Waals surface area contributed by atoms with Crippen LogP contribution in [0.4, 0.5) is 30.8 Å². The third-order valence-corrected chi connectivity index (χ3v) is 5.17. The number of halogens is 3. The van der Waals surface area contributed by atoms with Gasteiger partial charge in [0.05, 0.1) is 13.7 Å². The second kappa shape index (κ2) is 10.1. The zero-order chi connectivity index (χ0) is 24.1. The molecule has 1 saturated heterocycles. The highest BCUT2D eigenvalue weighted by Gasteiger charge is 2.29. The molecule has 1 aromatic carbocycles. The van der Waals surface area contributed by atoms with Crippen molar-refractivity contribution in [2.75, 3.05) is 55.0 Å². The highest BCUT2D eigenvalue weighted by atomic mass is 19.4. The Hall–Kier alpha value is -3.70. The summed E-state index contributed by atoms with van der Waals surface area (Å²) in [5, 5.41) is 2.97. The Bertz CT molecular complexity index is 1100. The molecular weight excluding hydrogens is 453 g/mol. The van der Waals surface area contributed by atoms with Gasteiger partial charge in [0.15, 0.2) is 6.61 Å². The van der Waals surface area contributed by atoms with Gasteiger partial charge in [0.2, 0.25) is 11.9 Å². The molecule has 0 amide bonds. The van der Waals surface area contributed by atoms with Crippen LogP contribution in [0.2, 0.25) is 0 Å². The van der Waals surface area contributed by atoms with E-state index in [1.54, 1.807) is 13.2 Å². The molecule has 12 heteroatoms. The molecule has 1 aliphatic heterocycles. The lowest BCUT2D eigenvalue weighted by molar-refractivity contribution is -0.154. The molecule has 9 nitrogen and oxygen atoms in total. The van der Waals surface area contributed by atoms with Crippen LogP contribution in [0, 0.1) is 6.92 Å². The SMILES string of the molecule is COc1cccc(N2CCN(c3nc(NCc4ccc(C)o4)nc(OCC(F)(F)F)n3)CC2)c1. The Kier molecular flexibility index (Phi) is 6.94. The van der Waals surface area contributed by atoms with Gasteiger partial charge in [0.1, 0.15) is 17.3 Å². The first-order valence-corrected chi connectivity index (χ1v) is 10.7. The van der Waals surface area contributed by atoms with Gasteiger partial charge >= 0.3 is 12.2 Å². The molecule has 0 bridgehead atoms. The van der Waals surface area contributed by atoms with Crippen LogP contribution in [0.25, 0.3) is 0 Å². The lowest BCUT2D eigenvalue weighted by atomic mass is 10.2. The second-order valence-electron chi connectivity index (χ2n) is 7.69. The van der Waals surface area contributed by atoms with E-state index < -0.39 is 18.8 Å². The lowest BCUT2D eigenvalue weighted by Crippen LogP contribution is -2.47. The molecule has 1 fully saturated rings. The van der Waals surface area contributed by atoms with E-state index >= 15 is 0 Å². The maximum atomic E-state index is 12.7. The first-order chi connectivity index (χ1) is 16.3. The number of ether oxygens (including phenoxy) is 2. The predicted octanol–water partition coefficient (Wildman–Crippen LogP) is 3.66. The lowest BCUT2D eigenvalue weighted by Gasteiger charge is -2.36.